The van der Waals surface area contributed by atoms with Crippen LogP contribution < -0.4 is 5.73 Å². The molecule has 1 fully saturated rings. The van der Waals surface area contributed by atoms with Gasteiger partial charge in [-0.2, -0.15) is 0 Å². The molecule has 0 spiro atoms. The number of nitrogens with zero attached hydrogens (tertiary/aromatic N) is 1. The maximum absolute atomic E-state index is 6.53. The van der Waals surface area contributed by atoms with Gasteiger partial charge in [0.25, 0.3) is 0 Å². The molecule has 0 heterocycles. The van der Waals surface area contributed by atoms with Crippen LogP contribution in [0.15, 0.2) is 24.3 Å². The molecule has 2 N–H and O–H groups in total. The molecule has 5 heteroatoms. The minimum Gasteiger partial charge on any atom is -0.410 e. The second kappa shape index (κ2) is 8.62. The van der Waals surface area contributed by atoms with E-state index < -0.39 is 8.32 Å². The molecule has 1 aliphatic rings. The largest absolute Gasteiger partial charge is 0.410 e. The van der Waals surface area contributed by atoms with Crippen LogP contribution in [0.1, 0.15) is 71.1 Å². The van der Waals surface area contributed by atoms with Gasteiger partial charge in [0.2, 0.25) is 0 Å². The molecule has 0 saturated heterocycles. The Balaban J connectivity index is 2.06. The van der Waals surface area contributed by atoms with Crippen molar-refractivity contribution in [2.75, 3.05) is 0 Å². The van der Waals surface area contributed by atoms with Crippen molar-refractivity contribution >= 4 is 25.6 Å². The highest BCUT2D eigenvalue weighted by atomic mass is 32.1. The lowest BCUT2D eigenvalue weighted by Gasteiger charge is -2.38. The van der Waals surface area contributed by atoms with Crippen molar-refractivity contribution in [2.45, 2.75) is 90.7 Å². The molecule has 1 aromatic carbocycles. The smallest absolute Gasteiger partial charge is 0.192 e. The van der Waals surface area contributed by atoms with Gasteiger partial charge in [-0.05, 0) is 73.6 Å². The summed E-state index contributed by atoms with van der Waals surface area (Å²) in [6.07, 6.45) is 3.82. The molecule has 0 amide bonds. The van der Waals surface area contributed by atoms with Crippen LogP contribution in [0.2, 0.25) is 18.1 Å². The van der Waals surface area contributed by atoms with E-state index in [0.29, 0.717) is 11.2 Å². The van der Waals surface area contributed by atoms with Crippen molar-refractivity contribution in [1.29, 1.82) is 0 Å². The Morgan fingerprint density at radius 3 is 2.22 bits per heavy atom. The second-order valence-corrected chi connectivity index (χ2v) is 14.7. The topological polar surface area (TPSA) is 38.5 Å². The SMILES string of the molecule is CCC(C1CC1)N(Cc1ccc(C(C)O[Si](C)(C)C(C)(C)C)cc1)C(N)=S. The molecular weight excluding hydrogens is 368 g/mol. The van der Waals surface area contributed by atoms with E-state index in [1.54, 1.807) is 0 Å². The van der Waals surface area contributed by atoms with Gasteiger partial charge in [-0.25, -0.2) is 0 Å². The third-order valence-corrected chi connectivity index (χ3v) is 11.1. The van der Waals surface area contributed by atoms with Crippen LogP contribution in [-0.2, 0) is 11.0 Å². The molecule has 0 aliphatic heterocycles. The first-order valence-electron chi connectivity index (χ1n) is 10.3. The number of rotatable bonds is 8. The van der Waals surface area contributed by atoms with E-state index in [2.05, 4.69) is 76.9 Å². The van der Waals surface area contributed by atoms with Crippen LogP contribution in [0.25, 0.3) is 0 Å². The summed E-state index contributed by atoms with van der Waals surface area (Å²) in [6.45, 7) is 16.6. The molecule has 2 atom stereocenters. The predicted octanol–water partition coefficient (Wildman–Crippen LogP) is 6.00. The quantitative estimate of drug-likeness (QED) is 0.424. The molecular formula is C22H38N2OSSi. The minimum absolute atomic E-state index is 0.112. The standard InChI is InChI=1S/C22H38N2OSSi/c1-8-20(19-13-14-19)24(21(23)26)15-17-9-11-18(12-10-17)16(2)25-27(6,7)22(3,4)5/h9-12,16,19-20H,8,13-15H2,1-7H3,(H2,23,26). The van der Waals surface area contributed by atoms with Crippen LogP contribution in [-0.4, -0.2) is 24.4 Å². The van der Waals surface area contributed by atoms with E-state index >= 15 is 0 Å². The molecule has 0 radical (unpaired) electrons. The lowest BCUT2D eigenvalue weighted by molar-refractivity contribution is 0.203. The van der Waals surface area contributed by atoms with E-state index in [9.17, 15) is 0 Å². The zero-order chi connectivity index (χ0) is 20.4. The Morgan fingerprint density at radius 1 is 1.26 bits per heavy atom. The van der Waals surface area contributed by atoms with Crippen LogP contribution in [0, 0.1) is 5.92 Å². The Morgan fingerprint density at radius 2 is 1.81 bits per heavy atom. The highest BCUT2D eigenvalue weighted by molar-refractivity contribution is 7.80. The summed E-state index contributed by atoms with van der Waals surface area (Å²) in [5, 5.41) is 0.740. The first-order chi connectivity index (χ1) is 12.5. The van der Waals surface area contributed by atoms with Crippen molar-refractivity contribution < 1.29 is 4.43 Å². The zero-order valence-corrected chi connectivity index (χ0v) is 20.0. The third-order valence-electron chi connectivity index (χ3n) is 6.35. The average Bonchev–Trinajstić information content (AvgIpc) is 3.38. The van der Waals surface area contributed by atoms with Crippen LogP contribution in [0.3, 0.4) is 0 Å². The van der Waals surface area contributed by atoms with Crippen molar-refractivity contribution in [3.8, 4) is 0 Å². The Bertz CT molecular complexity index is 635. The van der Waals surface area contributed by atoms with E-state index in [1.165, 1.54) is 24.0 Å². The number of thiocarbonyl (C=S) groups is 1. The van der Waals surface area contributed by atoms with Crippen molar-refractivity contribution in [3.05, 3.63) is 35.4 Å². The lowest BCUT2D eigenvalue weighted by atomic mass is 10.0. The number of benzene rings is 1. The zero-order valence-electron chi connectivity index (χ0n) is 18.2. The molecule has 1 aliphatic carbocycles. The monoisotopic (exact) mass is 406 g/mol. The molecule has 0 aromatic heterocycles. The normalized spacial score (nSPS) is 17.4. The first kappa shape index (κ1) is 22.4. The van der Waals surface area contributed by atoms with Gasteiger partial charge in [0, 0.05) is 12.6 Å². The molecule has 27 heavy (non-hydrogen) atoms. The van der Waals surface area contributed by atoms with E-state index in [4.69, 9.17) is 22.4 Å². The van der Waals surface area contributed by atoms with Gasteiger partial charge in [-0.1, -0.05) is 52.0 Å². The van der Waals surface area contributed by atoms with Gasteiger partial charge in [0.05, 0.1) is 6.10 Å². The molecule has 1 aromatic rings. The summed E-state index contributed by atoms with van der Waals surface area (Å²) in [5.74, 6) is 0.758. The fourth-order valence-corrected chi connectivity index (χ4v) is 5.00. The summed E-state index contributed by atoms with van der Waals surface area (Å²) in [5.41, 5.74) is 8.55. The van der Waals surface area contributed by atoms with E-state index in [0.717, 1.165) is 18.9 Å². The minimum atomic E-state index is -1.77. The third kappa shape index (κ3) is 5.78. The van der Waals surface area contributed by atoms with Gasteiger partial charge >= 0.3 is 0 Å². The maximum Gasteiger partial charge on any atom is 0.192 e. The summed E-state index contributed by atoms with van der Waals surface area (Å²) >= 11 is 5.36. The van der Waals surface area contributed by atoms with Crippen molar-refractivity contribution in [3.63, 3.8) is 0 Å². The fraction of sp³-hybridized carbons (Fsp3) is 0.682. The van der Waals surface area contributed by atoms with Gasteiger partial charge < -0.3 is 15.1 Å². The molecule has 0 bridgehead atoms. The number of hydrogen-bond acceptors (Lipinski definition) is 2. The van der Waals surface area contributed by atoms with Crippen LogP contribution in [0.5, 0.6) is 0 Å². The Hall–Kier alpha value is -0.913. The highest BCUT2D eigenvalue weighted by Gasteiger charge is 2.38. The van der Waals surface area contributed by atoms with Gasteiger partial charge in [-0.3, -0.25) is 0 Å². The summed E-state index contributed by atoms with van der Waals surface area (Å²) in [4.78, 5) is 2.22. The highest BCUT2D eigenvalue weighted by Crippen LogP contribution is 2.40. The molecule has 2 unspecified atom stereocenters. The molecule has 1 saturated carbocycles. The Labute approximate surface area is 172 Å². The van der Waals surface area contributed by atoms with Crippen molar-refractivity contribution in [1.82, 2.24) is 4.90 Å². The van der Waals surface area contributed by atoms with Crippen LogP contribution >= 0.6 is 12.2 Å². The predicted molar refractivity (Wildman–Crippen MR) is 122 cm³/mol. The molecule has 152 valence electrons. The molecule has 2 rings (SSSR count). The average molecular weight is 407 g/mol. The maximum atomic E-state index is 6.53. The fourth-order valence-electron chi connectivity index (χ4n) is 3.43. The van der Waals surface area contributed by atoms with E-state index in [1.807, 2.05) is 0 Å². The second-order valence-electron chi connectivity index (χ2n) is 9.54. The van der Waals surface area contributed by atoms with Crippen LogP contribution in [0.4, 0.5) is 0 Å². The summed E-state index contributed by atoms with van der Waals surface area (Å²) in [7, 11) is -1.77. The first-order valence-corrected chi connectivity index (χ1v) is 13.6. The Kier molecular flexibility index (Phi) is 7.15. The van der Waals surface area contributed by atoms with Gasteiger partial charge in [0.1, 0.15) is 0 Å². The lowest BCUT2D eigenvalue weighted by Crippen LogP contribution is -2.43. The summed E-state index contributed by atoms with van der Waals surface area (Å²) < 4.78 is 6.53. The summed E-state index contributed by atoms with van der Waals surface area (Å²) in [6, 6.07) is 9.27. The van der Waals surface area contributed by atoms with Gasteiger partial charge in [0.15, 0.2) is 13.4 Å². The molecule has 3 nitrogen and oxygen atoms in total. The van der Waals surface area contributed by atoms with Gasteiger partial charge in [-0.15, -0.1) is 0 Å². The number of hydrogen-bond donors (Lipinski definition) is 1. The van der Waals surface area contributed by atoms with Crippen molar-refractivity contribution in [2.24, 2.45) is 11.7 Å². The van der Waals surface area contributed by atoms with E-state index in [-0.39, 0.29) is 11.1 Å². The number of nitrogens with two attached hydrogens (primary N) is 1.